The van der Waals surface area contributed by atoms with Gasteiger partial charge in [0.1, 0.15) is 11.3 Å². The maximum Gasteiger partial charge on any atom is 0.335 e. The molecule has 0 bridgehead atoms. The monoisotopic (exact) mass is 483 g/mol. The molecule has 4 N–H and O–H groups in total. The van der Waals surface area contributed by atoms with E-state index in [0.717, 1.165) is 29.7 Å². The highest BCUT2D eigenvalue weighted by Crippen LogP contribution is 2.24. The standard InChI is InChI=1S/C22H23NO2.C4H6O6/c1-16-6-5-12-23(16)13-11-20-15-19-14-18(9-10-21(19)25-20)22(24)17-7-3-2-4-8-17;5-1(3(7)8)2(6)4(9)10/h2-4,7-10,14-16H,5-6,11-13H2,1H3;1-2,5-6H,(H,7,8)(H,9,10)/t16-;1-,2-/m11/s1. The van der Waals surface area contributed by atoms with E-state index < -0.39 is 24.1 Å². The van der Waals surface area contributed by atoms with Crippen LogP contribution in [0.3, 0.4) is 0 Å². The predicted molar refractivity (Wildman–Crippen MR) is 127 cm³/mol. The maximum absolute atomic E-state index is 12.6. The highest BCUT2D eigenvalue weighted by Gasteiger charge is 2.29. The summed E-state index contributed by atoms with van der Waals surface area (Å²) in [6, 6.07) is 17.9. The highest BCUT2D eigenvalue weighted by molar-refractivity contribution is 6.10. The number of hydrogen-bond donors (Lipinski definition) is 4. The minimum Gasteiger partial charge on any atom is -0.479 e. The summed E-state index contributed by atoms with van der Waals surface area (Å²) in [5.74, 6) is -2.49. The molecule has 35 heavy (non-hydrogen) atoms. The molecule has 1 fully saturated rings. The van der Waals surface area contributed by atoms with Gasteiger partial charge in [-0.1, -0.05) is 30.3 Å². The number of aliphatic hydroxyl groups is 2. The third-order valence-electron chi connectivity index (χ3n) is 6.01. The topological polar surface area (TPSA) is 149 Å². The van der Waals surface area contributed by atoms with Crippen molar-refractivity contribution in [2.45, 2.75) is 44.4 Å². The van der Waals surface area contributed by atoms with E-state index in [9.17, 15) is 14.4 Å². The second-order valence-electron chi connectivity index (χ2n) is 8.50. The largest absolute Gasteiger partial charge is 0.479 e. The van der Waals surface area contributed by atoms with Crippen LogP contribution in [-0.2, 0) is 16.0 Å². The Balaban J connectivity index is 0.000000292. The van der Waals surface area contributed by atoms with Gasteiger partial charge < -0.3 is 29.7 Å². The molecule has 3 atom stereocenters. The van der Waals surface area contributed by atoms with E-state index in [4.69, 9.17) is 24.8 Å². The molecule has 0 aliphatic carbocycles. The molecule has 186 valence electrons. The summed E-state index contributed by atoms with van der Waals surface area (Å²) in [7, 11) is 0. The lowest BCUT2D eigenvalue weighted by Crippen LogP contribution is -2.39. The third kappa shape index (κ3) is 6.75. The van der Waals surface area contributed by atoms with Crippen molar-refractivity contribution in [2.24, 2.45) is 0 Å². The zero-order valence-electron chi connectivity index (χ0n) is 19.3. The van der Waals surface area contributed by atoms with Gasteiger partial charge in [-0.25, -0.2) is 9.59 Å². The summed E-state index contributed by atoms with van der Waals surface area (Å²) in [5.41, 5.74) is 2.28. The molecule has 1 aliphatic rings. The predicted octanol–water partition coefficient (Wildman–Crippen LogP) is 2.57. The number of carbonyl (C=O) groups excluding carboxylic acids is 1. The molecule has 4 rings (SSSR count). The van der Waals surface area contributed by atoms with Gasteiger partial charge in [0.15, 0.2) is 18.0 Å². The molecular weight excluding hydrogens is 454 g/mol. The molecular formula is C26H29NO8. The van der Waals surface area contributed by atoms with Crippen LogP contribution in [0, 0.1) is 0 Å². The Morgan fingerprint density at radius 1 is 0.971 bits per heavy atom. The Morgan fingerprint density at radius 3 is 2.20 bits per heavy atom. The fourth-order valence-corrected chi connectivity index (χ4v) is 3.97. The van der Waals surface area contributed by atoms with Gasteiger partial charge in [-0.15, -0.1) is 0 Å². The number of aliphatic hydroxyl groups excluding tert-OH is 2. The first-order chi connectivity index (χ1) is 16.7. The van der Waals surface area contributed by atoms with Crippen molar-refractivity contribution in [1.29, 1.82) is 0 Å². The third-order valence-corrected chi connectivity index (χ3v) is 6.01. The number of rotatable bonds is 8. The average Bonchev–Trinajstić information content (AvgIpc) is 3.46. The normalized spacial score (nSPS) is 17.4. The zero-order valence-corrected chi connectivity index (χ0v) is 19.3. The van der Waals surface area contributed by atoms with Gasteiger partial charge >= 0.3 is 11.9 Å². The van der Waals surface area contributed by atoms with Crippen molar-refractivity contribution in [3.8, 4) is 0 Å². The van der Waals surface area contributed by atoms with Gasteiger partial charge in [0, 0.05) is 35.5 Å². The lowest BCUT2D eigenvalue weighted by Gasteiger charge is -2.19. The Kier molecular flexibility index (Phi) is 8.75. The number of furan rings is 1. The van der Waals surface area contributed by atoms with Crippen LogP contribution >= 0.6 is 0 Å². The van der Waals surface area contributed by atoms with Crippen molar-refractivity contribution in [3.05, 3.63) is 71.5 Å². The number of likely N-dealkylation sites (tertiary alicyclic amines) is 1. The minimum absolute atomic E-state index is 0.0520. The summed E-state index contributed by atoms with van der Waals surface area (Å²) in [6.45, 7) is 4.53. The van der Waals surface area contributed by atoms with Crippen LogP contribution in [0.2, 0.25) is 0 Å². The summed E-state index contributed by atoms with van der Waals surface area (Å²) in [6.07, 6.45) is -1.02. The molecule has 0 unspecified atom stereocenters. The lowest BCUT2D eigenvalue weighted by molar-refractivity contribution is -0.165. The molecule has 9 heteroatoms. The van der Waals surface area contributed by atoms with Crippen molar-refractivity contribution < 1.29 is 39.2 Å². The molecule has 2 aromatic carbocycles. The van der Waals surface area contributed by atoms with Gasteiger partial charge in [0.2, 0.25) is 0 Å². The summed E-state index contributed by atoms with van der Waals surface area (Å²) >= 11 is 0. The number of nitrogens with zero attached hydrogens (tertiary/aromatic N) is 1. The molecule has 0 saturated carbocycles. The first-order valence-electron chi connectivity index (χ1n) is 11.4. The molecule has 9 nitrogen and oxygen atoms in total. The molecule has 3 aromatic rings. The SMILES string of the molecule is C[C@@H]1CCCN1CCc1cc2cc(C(=O)c3ccccc3)ccc2o1.O=C(O)[C@H](O)[C@@H](O)C(=O)O. The maximum atomic E-state index is 12.6. The van der Waals surface area contributed by atoms with E-state index in [1.807, 2.05) is 48.5 Å². The summed E-state index contributed by atoms with van der Waals surface area (Å²) in [5, 5.41) is 33.5. The van der Waals surface area contributed by atoms with Crippen LogP contribution in [0.25, 0.3) is 11.0 Å². The number of carbonyl (C=O) groups is 3. The summed E-state index contributed by atoms with van der Waals surface area (Å²) < 4.78 is 5.97. The lowest BCUT2D eigenvalue weighted by atomic mass is 10.0. The van der Waals surface area contributed by atoms with Crippen LogP contribution in [-0.4, -0.2) is 74.4 Å². The van der Waals surface area contributed by atoms with E-state index in [2.05, 4.69) is 17.9 Å². The second-order valence-corrected chi connectivity index (χ2v) is 8.50. The Bertz CT molecular complexity index is 1150. The number of ketones is 1. The molecule has 0 radical (unpaired) electrons. The average molecular weight is 484 g/mol. The van der Waals surface area contributed by atoms with Gasteiger partial charge in [-0.3, -0.25) is 4.79 Å². The van der Waals surface area contributed by atoms with E-state index in [0.29, 0.717) is 17.2 Å². The number of carboxylic acid groups (broad SMARTS) is 2. The molecule has 2 heterocycles. The molecule has 1 saturated heterocycles. The van der Waals surface area contributed by atoms with Crippen molar-refractivity contribution in [3.63, 3.8) is 0 Å². The second kappa shape index (κ2) is 11.7. The minimum atomic E-state index is -2.27. The van der Waals surface area contributed by atoms with Crippen molar-refractivity contribution in [1.82, 2.24) is 4.90 Å². The van der Waals surface area contributed by atoms with E-state index >= 15 is 0 Å². The number of aliphatic carboxylic acids is 2. The van der Waals surface area contributed by atoms with E-state index in [-0.39, 0.29) is 5.78 Å². The van der Waals surface area contributed by atoms with Gasteiger partial charge in [0.25, 0.3) is 0 Å². The van der Waals surface area contributed by atoms with Gasteiger partial charge in [-0.2, -0.15) is 0 Å². The molecule has 1 aromatic heterocycles. The van der Waals surface area contributed by atoms with Gasteiger partial charge in [0.05, 0.1) is 0 Å². The first kappa shape index (κ1) is 26.1. The fraction of sp³-hybridized carbons (Fsp3) is 0.346. The first-order valence-corrected chi connectivity index (χ1v) is 11.4. The Labute approximate surface area is 202 Å². The molecule has 0 amide bonds. The van der Waals surface area contributed by atoms with Crippen molar-refractivity contribution >= 4 is 28.7 Å². The van der Waals surface area contributed by atoms with Crippen LogP contribution in [0.1, 0.15) is 41.4 Å². The van der Waals surface area contributed by atoms with Crippen molar-refractivity contribution in [2.75, 3.05) is 13.1 Å². The number of benzene rings is 2. The van der Waals surface area contributed by atoms with Gasteiger partial charge in [-0.05, 0) is 50.6 Å². The molecule has 0 spiro atoms. The Morgan fingerprint density at radius 2 is 1.63 bits per heavy atom. The van der Waals surface area contributed by atoms with Crippen LogP contribution < -0.4 is 0 Å². The quantitative estimate of drug-likeness (QED) is 0.355. The van der Waals surface area contributed by atoms with E-state index in [1.165, 1.54) is 19.4 Å². The fourth-order valence-electron chi connectivity index (χ4n) is 3.97. The number of hydrogen-bond acceptors (Lipinski definition) is 7. The summed E-state index contributed by atoms with van der Waals surface area (Å²) in [4.78, 5) is 34.7. The number of carboxylic acids is 2. The Hall–Kier alpha value is -3.53. The van der Waals surface area contributed by atoms with E-state index in [1.54, 1.807) is 0 Å². The molecule has 1 aliphatic heterocycles. The van der Waals surface area contributed by atoms with Crippen LogP contribution in [0.4, 0.5) is 0 Å². The zero-order chi connectivity index (χ0) is 25.5. The smallest absolute Gasteiger partial charge is 0.335 e. The van der Waals surface area contributed by atoms with Crippen LogP contribution in [0.5, 0.6) is 0 Å². The highest BCUT2D eigenvalue weighted by atomic mass is 16.4. The van der Waals surface area contributed by atoms with Crippen LogP contribution in [0.15, 0.2) is 59.0 Å². The number of fused-ring (bicyclic) bond motifs is 1.